The maximum atomic E-state index is 11.4. The average molecular weight is 425 g/mol. The van der Waals surface area contributed by atoms with Gasteiger partial charge in [0.25, 0.3) is 0 Å². The summed E-state index contributed by atoms with van der Waals surface area (Å²) in [6.45, 7) is 3.31. The minimum Gasteiger partial charge on any atom is -1.00 e. The second-order valence-corrected chi connectivity index (χ2v) is 7.35. The number of likely N-dealkylation sites (tertiary alicyclic amines) is 1. The number of hydrogen-bond acceptors (Lipinski definition) is 1. The van der Waals surface area contributed by atoms with Gasteiger partial charge in [-0.3, -0.25) is 0 Å². The van der Waals surface area contributed by atoms with E-state index in [2.05, 4.69) is 18.9 Å². The Balaban J connectivity index is 0.00000192. The topological polar surface area (TPSA) is 20.2 Å². The predicted molar refractivity (Wildman–Crippen MR) is 90.1 cm³/mol. The Bertz CT molecular complexity index is 550. The molecule has 126 valence electrons. The molecule has 0 spiro atoms. The van der Waals surface area contributed by atoms with Gasteiger partial charge in [-0.1, -0.05) is 49.1 Å². The first kappa shape index (κ1) is 18.8. The van der Waals surface area contributed by atoms with E-state index >= 15 is 0 Å². The van der Waals surface area contributed by atoms with Crippen LogP contribution in [0, 0.1) is 17.8 Å². The van der Waals surface area contributed by atoms with Crippen LogP contribution < -0.4 is 24.0 Å². The molecule has 2 aliphatic rings. The monoisotopic (exact) mass is 425 g/mol. The van der Waals surface area contributed by atoms with Crippen molar-refractivity contribution < 1.29 is 33.6 Å². The summed E-state index contributed by atoms with van der Waals surface area (Å²) >= 11 is 0. The molecule has 3 rings (SSSR count). The van der Waals surface area contributed by atoms with Crippen LogP contribution in [0.25, 0.3) is 0 Å². The quantitative estimate of drug-likeness (QED) is 0.420. The molecule has 0 bridgehead atoms. The van der Waals surface area contributed by atoms with Crippen molar-refractivity contribution in [2.75, 3.05) is 26.7 Å². The van der Waals surface area contributed by atoms with Gasteiger partial charge in [0.15, 0.2) is 5.60 Å². The fourth-order valence-corrected chi connectivity index (χ4v) is 4.07. The first-order valence-electron chi connectivity index (χ1n) is 8.74. The van der Waals surface area contributed by atoms with Crippen molar-refractivity contribution in [1.82, 2.24) is 0 Å². The predicted octanol–water partition coefficient (Wildman–Crippen LogP) is 0.312. The second-order valence-electron chi connectivity index (χ2n) is 7.35. The molecule has 1 aromatic carbocycles. The summed E-state index contributed by atoms with van der Waals surface area (Å²) in [5.41, 5.74) is 0.00915. The maximum Gasteiger partial charge on any atom is 0.153 e. The Kier molecular flexibility index (Phi) is 6.53. The number of benzene rings is 1. The minimum atomic E-state index is -0.962. The number of aliphatic hydroxyl groups is 1. The highest BCUT2D eigenvalue weighted by Gasteiger charge is 2.38. The molecule has 1 aliphatic heterocycles. The molecular formula is C20H28INO. The van der Waals surface area contributed by atoms with Gasteiger partial charge in [0.05, 0.1) is 20.1 Å². The Morgan fingerprint density at radius 1 is 1.09 bits per heavy atom. The van der Waals surface area contributed by atoms with Gasteiger partial charge in [0.1, 0.15) is 6.54 Å². The van der Waals surface area contributed by atoms with E-state index < -0.39 is 5.60 Å². The molecule has 1 saturated heterocycles. The van der Waals surface area contributed by atoms with Gasteiger partial charge in [-0.15, -0.1) is 0 Å². The normalized spacial score (nSPS) is 22.7. The van der Waals surface area contributed by atoms with Crippen molar-refractivity contribution in [1.29, 1.82) is 0 Å². The fraction of sp³-hybridized carbons (Fsp3) is 0.600. The minimum absolute atomic E-state index is 0. The number of nitrogens with zero attached hydrogens (tertiary/aromatic N) is 1. The molecule has 1 N–H and O–H groups in total. The van der Waals surface area contributed by atoms with Crippen LogP contribution in [0.15, 0.2) is 30.3 Å². The van der Waals surface area contributed by atoms with Crippen LogP contribution in [0.4, 0.5) is 0 Å². The number of rotatable bonds is 3. The Morgan fingerprint density at radius 3 is 2.30 bits per heavy atom. The summed E-state index contributed by atoms with van der Waals surface area (Å²) in [6, 6.07) is 10.1. The fourth-order valence-electron chi connectivity index (χ4n) is 4.07. The zero-order valence-electron chi connectivity index (χ0n) is 14.1. The number of hydrogen-bond donors (Lipinski definition) is 1. The highest BCUT2D eigenvalue weighted by molar-refractivity contribution is 5.33. The third-order valence-electron chi connectivity index (χ3n) is 5.55. The van der Waals surface area contributed by atoms with Gasteiger partial charge in [-0.05, 0) is 24.3 Å². The largest absolute Gasteiger partial charge is 1.00 e. The lowest BCUT2D eigenvalue weighted by atomic mass is 9.80. The van der Waals surface area contributed by atoms with Crippen molar-refractivity contribution in [3.63, 3.8) is 0 Å². The van der Waals surface area contributed by atoms with E-state index in [0.717, 1.165) is 29.4 Å². The lowest BCUT2D eigenvalue weighted by Gasteiger charge is -2.30. The molecule has 0 amide bonds. The van der Waals surface area contributed by atoms with E-state index in [1.165, 1.54) is 38.8 Å². The molecular weight excluding hydrogens is 397 g/mol. The summed E-state index contributed by atoms with van der Waals surface area (Å²) in [4.78, 5) is 0. The van der Waals surface area contributed by atoms with Gasteiger partial charge in [0, 0.05) is 18.8 Å². The third kappa shape index (κ3) is 4.29. The van der Waals surface area contributed by atoms with Gasteiger partial charge in [-0.25, -0.2) is 0 Å². The van der Waals surface area contributed by atoms with Crippen molar-refractivity contribution in [2.24, 2.45) is 5.92 Å². The van der Waals surface area contributed by atoms with Crippen LogP contribution >= 0.6 is 0 Å². The van der Waals surface area contributed by atoms with Gasteiger partial charge in [-0.2, -0.15) is 0 Å². The molecule has 0 radical (unpaired) electrons. The molecule has 2 nitrogen and oxygen atoms in total. The summed E-state index contributed by atoms with van der Waals surface area (Å²) in [5.74, 6) is 6.94. The molecule has 1 atom stereocenters. The molecule has 1 saturated carbocycles. The standard InChI is InChI=1S/C20H28NO.HI/c1-21(15-7-8-16-21)17-9-14-20(22,19-12-5-6-13-19)18-10-3-2-4-11-18;/h2-4,10-11,19,22H,5-8,12-13,15-17H2,1H3;1H/q+1;/p-1. The summed E-state index contributed by atoms with van der Waals surface area (Å²) in [7, 11) is 2.29. The number of halogens is 1. The lowest BCUT2D eigenvalue weighted by Crippen LogP contribution is -3.00. The molecule has 23 heavy (non-hydrogen) atoms. The molecule has 0 aromatic heterocycles. The van der Waals surface area contributed by atoms with Crippen LogP contribution in [-0.2, 0) is 5.60 Å². The first-order chi connectivity index (χ1) is 10.6. The highest BCUT2D eigenvalue weighted by Crippen LogP contribution is 2.40. The van der Waals surface area contributed by atoms with E-state index in [1.807, 2.05) is 30.3 Å². The molecule has 1 aromatic rings. The maximum absolute atomic E-state index is 11.4. The van der Waals surface area contributed by atoms with E-state index in [4.69, 9.17) is 0 Å². The average Bonchev–Trinajstić information content (AvgIpc) is 3.20. The summed E-state index contributed by atoms with van der Waals surface area (Å²) in [6.07, 6.45) is 7.23. The second kappa shape index (κ2) is 8.00. The molecule has 1 aliphatic carbocycles. The lowest BCUT2D eigenvalue weighted by molar-refractivity contribution is -0.890. The van der Waals surface area contributed by atoms with Gasteiger partial charge < -0.3 is 33.6 Å². The first-order valence-corrected chi connectivity index (χ1v) is 8.74. The molecule has 2 fully saturated rings. The third-order valence-corrected chi connectivity index (χ3v) is 5.55. The van der Waals surface area contributed by atoms with Crippen LogP contribution in [-0.4, -0.2) is 36.3 Å². The van der Waals surface area contributed by atoms with Crippen LogP contribution in [0.5, 0.6) is 0 Å². The van der Waals surface area contributed by atoms with E-state index in [9.17, 15) is 5.11 Å². The summed E-state index contributed by atoms with van der Waals surface area (Å²) in [5, 5.41) is 11.4. The van der Waals surface area contributed by atoms with Crippen molar-refractivity contribution in [2.45, 2.75) is 44.1 Å². The van der Waals surface area contributed by atoms with E-state index in [-0.39, 0.29) is 29.9 Å². The SMILES string of the molecule is C[N+]1(CC#CC(O)(c2ccccc2)C2CCCC2)CCCC1.[I-]. The van der Waals surface area contributed by atoms with Crippen molar-refractivity contribution >= 4 is 0 Å². The molecule has 3 heteroatoms. The zero-order chi connectivity index (χ0) is 15.5. The zero-order valence-corrected chi connectivity index (χ0v) is 16.3. The van der Waals surface area contributed by atoms with Crippen molar-refractivity contribution in [3.05, 3.63) is 35.9 Å². The molecule has 1 unspecified atom stereocenters. The Morgan fingerprint density at radius 2 is 1.70 bits per heavy atom. The Hall–Kier alpha value is -0.570. The van der Waals surface area contributed by atoms with Crippen LogP contribution in [0.2, 0.25) is 0 Å². The van der Waals surface area contributed by atoms with Gasteiger partial charge >= 0.3 is 0 Å². The highest BCUT2D eigenvalue weighted by atomic mass is 127. The van der Waals surface area contributed by atoms with E-state index in [1.54, 1.807) is 0 Å². The van der Waals surface area contributed by atoms with Crippen molar-refractivity contribution in [3.8, 4) is 11.8 Å². The Labute approximate surface area is 157 Å². The number of quaternary nitrogens is 1. The van der Waals surface area contributed by atoms with Gasteiger partial charge in [0.2, 0.25) is 0 Å². The van der Waals surface area contributed by atoms with E-state index in [0.29, 0.717) is 0 Å². The van der Waals surface area contributed by atoms with Crippen LogP contribution in [0.1, 0.15) is 44.1 Å². The summed E-state index contributed by atoms with van der Waals surface area (Å²) < 4.78 is 1.04. The molecule has 1 heterocycles. The smallest absolute Gasteiger partial charge is 0.153 e. The van der Waals surface area contributed by atoms with Crippen LogP contribution in [0.3, 0.4) is 0 Å².